The number of hydrogen-bond acceptors (Lipinski definition) is 5. The third-order valence-electron chi connectivity index (χ3n) is 8.22. The van der Waals surface area contributed by atoms with Crippen molar-refractivity contribution in [1.82, 2.24) is 9.29 Å². The van der Waals surface area contributed by atoms with Gasteiger partial charge in [-0.3, -0.25) is 0 Å². The van der Waals surface area contributed by atoms with Crippen LogP contribution in [0.4, 0.5) is 0 Å². The number of aromatic nitrogens is 1. The summed E-state index contributed by atoms with van der Waals surface area (Å²) in [5.74, 6) is 1.27. The number of para-hydroxylation sites is 1. The van der Waals surface area contributed by atoms with E-state index in [2.05, 4.69) is 19.2 Å². The number of hydrogen-bond donors (Lipinski definition) is 2. The van der Waals surface area contributed by atoms with E-state index in [-0.39, 0.29) is 22.4 Å². The first kappa shape index (κ1) is 23.4. The van der Waals surface area contributed by atoms with E-state index in [0.29, 0.717) is 23.6 Å². The molecular formula is C27H34N2O4S. The highest BCUT2D eigenvalue weighted by molar-refractivity contribution is 7.90. The maximum Gasteiger partial charge on any atom is 0.268 e. The Labute approximate surface area is 202 Å². The average molecular weight is 483 g/mol. The highest BCUT2D eigenvalue weighted by atomic mass is 32.2. The number of rotatable bonds is 5. The molecule has 0 unspecified atom stereocenters. The summed E-state index contributed by atoms with van der Waals surface area (Å²) in [5, 5.41) is 15.9. The molecule has 0 spiro atoms. The molecular weight excluding hydrogens is 448 g/mol. The number of aliphatic hydroxyl groups is 1. The van der Waals surface area contributed by atoms with Crippen LogP contribution in [0.1, 0.15) is 45.6 Å². The molecule has 34 heavy (non-hydrogen) atoms. The van der Waals surface area contributed by atoms with Crippen molar-refractivity contribution in [2.75, 3.05) is 7.11 Å². The minimum absolute atomic E-state index is 0.0226. The maximum absolute atomic E-state index is 13.6. The summed E-state index contributed by atoms with van der Waals surface area (Å²) in [6.07, 6.45) is 5.23. The Balaban J connectivity index is 1.55. The molecule has 2 fully saturated rings. The van der Waals surface area contributed by atoms with E-state index in [0.717, 1.165) is 30.2 Å². The van der Waals surface area contributed by atoms with Gasteiger partial charge in [0.15, 0.2) is 0 Å². The second-order valence-electron chi connectivity index (χ2n) is 10.8. The zero-order valence-corrected chi connectivity index (χ0v) is 21.1. The lowest BCUT2D eigenvalue weighted by atomic mass is 9.60. The van der Waals surface area contributed by atoms with Crippen LogP contribution >= 0.6 is 0 Å². The number of methoxy groups -OCH3 is 1. The quantitative estimate of drug-likeness (QED) is 0.565. The zero-order chi connectivity index (χ0) is 24.3. The van der Waals surface area contributed by atoms with Crippen LogP contribution in [-0.2, 0) is 16.4 Å². The second-order valence-corrected chi connectivity index (χ2v) is 12.6. The Kier molecular flexibility index (Phi) is 5.58. The third kappa shape index (κ3) is 3.84. The molecule has 182 valence electrons. The Morgan fingerprint density at radius 1 is 1.12 bits per heavy atom. The van der Waals surface area contributed by atoms with Gasteiger partial charge in [0, 0.05) is 29.1 Å². The van der Waals surface area contributed by atoms with Crippen molar-refractivity contribution in [2.24, 2.45) is 11.8 Å². The first-order valence-electron chi connectivity index (χ1n) is 12.0. The van der Waals surface area contributed by atoms with E-state index in [4.69, 9.17) is 4.74 Å². The number of nitrogens with zero attached hydrogens (tertiary/aromatic N) is 1. The standard InChI is InChI=1S/C27H34N2O4S/c1-26(2)19-13-14-27(3,30)23(16-19)24(28-26)15-18-17-29(25-8-6-5-7-22(18)25)34(31,32)21-11-9-20(33-4)10-12-21/h5-12,17,19,23-24,28,30H,13-16H2,1-4H3/t19-,23+,24+,27+/m0/s1. The first-order chi connectivity index (χ1) is 16.0. The van der Waals surface area contributed by atoms with Crippen molar-refractivity contribution >= 4 is 20.9 Å². The van der Waals surface area contributed by atoms with Gasteiger partial charge in [-0.05, 0) is 88.3 Å². The Hall–Kier alpha value is -2.35. The van der Waals surface area contributed by atoms with Crippen LogP contribution in [0, 0.1) is 11.8 Å². The van der Waals surface area contributed by atoms with Crippen LogP contribution in [0.3, 0.4) is 0 Å². The largest absolute Gasteiger partial charge is 0.497 e. The summed E-state index contributed by atoms with van der Waals surface area (Å²) in [4.78, 5) is 0.218. The van der Waals surface area contributed by atoms with Gasteiger partial charge >= 0.3 is 0 Å². The molecule has 0 radical (unpaired) electrons. The zero-order valence-electron chi connectivity index (χ0n) is 20.3. The molecule has 2 heterocycles. The number of benzene rings is 2. The summed E-state index contributed by atoms with van der Waals surface area (Å²) in [7, 11) is -2.22. The van der Waals surface area contributed by atoms with Gasteiger partial charge in [0.2, 0.25) is 0 Å². The van der Waals surface area contributed by atoms with E-state index < -0.39 is 15.6 Å². The van der Waals surface area contributed by atoms with E-state index in [1.807, 2.05) is 31.2 Å². The molecule has 4 atom stereocenters. The number of piperidine rings is 1. The fourth-order valence-electron chi connectivity index (χ4n) is 6.15. The molecule has 1 aromatic heterocycles. The van der Waals surface area contributed by atoms with Crippen LogP contribution in [0.5, 0.6) is 5.75 Å². The van der Waals surface area contributed by atoms with Crippen molar-refractivity contribution in [3.8, 4) is 5.75 Å². The molecule has 2 aliphatic rings. The third-order valence-corrected chi connectivity index (χ3v) is 9.90. The molecule has 7 heteroatoms. The monoisotopic (exact) mass is 482 g/mol. The maximum atomic E-state index is 13.6. The summed E-state index contributed by atoms with van der Waals surface area (Å²) < 4.78 is 33.8. The fourth-order valence-corrected chi connectivity index (χ4v) is 7.54. The van der Waals surface area contributed by atoms with Crippen LogP contribution in [-0.4, -0.2) is 41.8 Å². The van der Waals surface area contributed by atoms with Crippen LogP contribution in [0.15, 0.2) is 59.6 Å². The highest BCUT2D eigenvalue weighted by Gasteiger charge is 2.51. The Bertz CT molecular complexity index is 1310. The predicted molar refractivity (Wildman–Crippen MR) is 134 cm³/mol. The van der Waals surface area contributed by atoms with Gasteiger partial charge in [0.1, 0.15) is 5.75 Å². The lowest BCUT2D eigenvalue weighted by Crippen LogP contribution is -2.65. The Morgan fingerprint density at radius 3 is 2.53 bits per heavy atom. The van der Waals surface area contributed by atoms with E-state index >= 15 is 0 Å². The van der Waals surface area contributed by atoms with Gasteiger partial charge in [0.05, 0.1) is 23.1 Å². The highest BCUT2D eigenvalue weighted by Crippen LogP contribution is 2.47. The molecule has 2 N–H and O–H groups in total. The van der Waals surface area contributed by atoms with Gasteiger partial charge < -0.3 is 15.2 Å². The van der Waals surface area contributed by atoms with Crippen molar-refractivity contribution in [2.45, 2.75) is 68.5 Å². The normalized spacial score (nSPS) is 28.7. The molecule has 2 aromatic carbocycles. The van der Waals surface area contributed by atoms with Gasteiger partial charge in [0.25, 0.3) is 10.0 Å². The SMILES string of the molecule is COc1ccc(S(=O)(=O)n2cc(C[C@H]3NC(C)(C)[C@H]4CC[C@@](C)(O)[C@@H]3C4)c3ccccc32)cc1. The number of ether oxygens (including phenoxy) is 1. The molecule has 5 rings (SSSR count). The topological polar surface area (TPSA) is 80.6 Å². The number of fused-ring (bicyclic) bond motifs is 3. The van der Waals surface area contributed by atoms with Gasteiger partial charge in [-0.15, -0.1) is 0 Å². The molecule has 0 amide bonds. The molecule has 3 aromatic rings. The first-order valence-corrected chi connectivity index (χ1v) is 13.5. The lowest BCUT2D eigenvalue weighted by Gasteiger charge is -2.56. The predicted octanol–water partition coefficient (Wildman–Crippen LogP) is 4.35. The minimum Gasteiger partial charge on any atom is -0.497 e. The number of nitrogens with one attached hydrogen (secondary N) is 1. The van der Waals surface area contributed by atoms with Crippen LogP contribution in [0.2, 0.25) is 0 Å². The summed E-state index contributed by atoms with van der Waals surface area (Å²) in [6, 6.07) is 14.2. The summed E-state index contributed by atoms with van der Waals surface area (Å²) in [5.41, 5.74) is 0.890. The fraction of sp³-hybridized carbons (Fsp3) is 0.481. The smallest absolute Gasteiger partial charge is 0.268 e. The van der Waals surface area contributed by atoms with E-state index in [9.17, 15) is 13.5 Å². The minimum atomic E-state index is -3.78. The molecule has 1 saturated heterocycles. The molecule has 1 saturated carbocycles. The molecule has 1 aliphatic heterocycles. The lowest BCUT2D eigenvalue weighted by molar-refractivity contribution is -0.0993. The van der Waals surface area contributed by atoms with Gasteiger partial charge in [-0.1, -0.05) is 18.2 Å². The molecule has 6 nitrogen and oxygen atoms in total. The van der Waals surface area contributed by atoms with Crippen molar-refractivity contribution in [1.29, 1.82) is 0 Å². The molecule has 2 bridgehead atoms. The van der Waals surface area contributed by atoms with Gasteiger partial charge in [-0.25, -0.2) is 12.4 Å². The van der Waals surface area contributed by atoms with E-state index in [1.54, 1.807) is 37.6 Å². The summed E-state index contributed by atoms with van der Waals surface area (Å²) in [6.45, 7) is 6.45. The van der Waals surface area contributed by atoms with Crippen molar-refractivity contribution < 1.29 is 18.3 Å². The Morgan fingerprint density at radius 2 is 1.82 bits per heavy atom. The van der Waals surface area contributed by atoms with Gasteiger partial charge in [-0.2, -0.15) is 0 Å². The van der Waals surface area contributed by atoms with Crippen LogP contribution < -0.4 is 10.1 Å². The molecule has 1 aliphatic carbocycles. The average Bonchev–Trinajstić information content (AvgIpc) is 3.17. The second kappa shape index (κ2) is 8.11. The van der Waals surface area contributed by atoms with Crippen molar-refractivity contribution in [3.05, 3.63) is 60.3 Å². The van der Waals surface area contributed by atoms with E-state index in [1.165, 1.54) is 3.97 Å². The van der Waals surface area contributed by atoms with Crippen LogP contribution in [0.25, 0.3) is 10.9 Å². The summed E-state index contributed by atoms with van der Waals surface area (Å²) >= 11 is 0. The van der Waals surface area contributed by atoms with Crippen molar-refractivity contribution in [3.63, 3.8) is 0 Å².